The van der Waals surface area contributed by atoms with Crippen LogP contribution in [-0.4, -0.2) is 16.0 Å². The molecule has 2 aromatic carbocycles. The van der Waals surface area contributed by atoms with Crippen molar-refractivity contribution in [1.82, 2.24) is 10.1 Å². The number of aryl methyl sites for hydroxylation is 1. The third-order valence-corrected chi connectivity index (χ3v) is 4.58. The Balaban J connectivity index is 1.75. The molecule has 1 N–H and O–H groups in total. The molecule has 3 rings (SSSR count). The minimum Gasteiger partial charge on any atom is -0.340 e. The van der Waals surface area contributed by atoms with Crippen LogP contribution in [0.1, 0.15) is 27.6 Å². The highest BCUT2D eigenvalue weighted by Crippen LogP contribution is 2.31. The summed E-state index contributed by atoms with van der Waals surface area (Å²) in [5, 5.41) is 6.30. The summed E-state index contributed by atoms with van der Waals surface area (Å²) in [6.07, 6.45) is -4.47. The average molecular weight is 393 g/mol. The van der Waals surface area contributed by atoms with E-state index in [0.717, 1.165) is 12.1 Å². The van der Waals surface area contributed by atoms with Crippen molar-refractivity contribution in [3.63, 3.8) is 0 Å². The fraction of sp³-hybridized carbons (Fsp3) is 0.167. The number of carbonyl (C=O) groups excluding carboxylic acids is 1. The van der Waals surface area contributed by atoms with Crippen molar-refractivity contribution < 1.29 is 22.5 Å². The number of nitrogens with one attached hydrogen (secondary N) is 1. The van der Waals surface area contributed by atoms with Gasteiger partial charge in [0.25, 0.3) is 5.91 Å². The summed E-state index contributed by atoms with van der Waals surface area (Å²) in [5.74, 6) is 0.832. The van der Waals surface area contributed by atoms with Crippen LogP contribution in [0.2, 0.25) is 0 Å². The van der Waals surface area contributed by atoms with Crippen LogP contribution in [0.25, 0.3) is 0 Å². The van der Waals surface area contributed by atoms with E-state index < -0.39 is 17.6 Å². The molecule has 9 heteroatoms. The van der Waals surface area contributed by atoms with Crippen LogP contribution in [0.4, 0.5) is 18.9 Å². The molecule has 0 atom stereocenters. The summed E-state index contributed by atoms with van der Waals surface area (Å²) in [5.41, 5.74) is -0.404. The Hall–Kier alpha value is -2.81. The number of rotatable bonds is 5. The lowest BCUT2D eigenvalue weighted by molar-refractivity contribution is -0.137. The fourth-order valence-electron chi connectivity index (χ4n) is 2.29. The molecule has 3 aromatic rings. The van der Waals surface area contributed by atoms with Gasteiger partial charge in [-0.3, -0.25) is 4.79 Å². The number of nitrogens with zero attached hydrogens (tertiary/aromatic N) is 2. The number of aromatic nitrogens is 2. The second kappa shape index (κ2) is 7.83. The van der Waals surface area contributed by atoms with Crippen molar-refractivity contribution in [3.05, 3.63) is 71.4 Å². The molecule has 1 heterocycles. The number of hydrogen-bond acceptors (Lipinski definition) is 5. The molecule has 0 aliphatic rings. The molecular formula is C18H14F3N3O2S. The van der Waals surface area contributed by atoms with Crippen LogP contribution in [0.5, 0.6) is 0 Å². The van der Waals surface area contributed by atoms with Gasteiger partial charge in [0.1, 0.15) is 0 Å². The molecule has 1 amide bonds. The van der Waals surface area contributed by atoms with Gasteiger partial charge in [-0.1, -0.05) is 23.4 Å². The van der Waals surface area contributed by atoms with E-state index in [-0.39, 0.29) is 5.69 Å². The summed E-state index contributed by atoms with van der Waals surface area (Å²) >= 11 is 1.33. The normalized spacial score (nSPS) is 11.4. The van der Waals surface area contributed by atoms with Crippen molar-refractivity contribution in [3.8, 4) is 0 Å². The molecule has 0 radical (unpaired) electrons. The smallest absolute Gasteiger partial charge is 0.340 e. The maximum atomic E-state index is 12.8. The van der Waals surface area contributed by atoms with E-state index in [2.05, 4.69) is 15.5 Å². The highest BCUT2D eigenvalue weighted by atomic mass is 32.2. The maximum absolute atomic E-state index is 12.8. The van der Waals surface area contributed by atoms with E-state index in [4.69, 9.17) is 4.52 Å². The van der Waals surface area contributed by atoms with Gasteiger partial charge in [-0.05, 0) is 30.3 Å². The zero-order chi connectivity index (χ0) is 19.4. The molecule has 0 aliphatic heterocycles. The quantitative estimate of drug-likeness (QED) is 0.622. The van der Waals surface area contributed by atoms with E-state index >= 15 is 0 Å². The Morgan fingerprint density at radius 1 is 1.19 bits per heavy atom. The number of benzene rings is 2. The highest BCUT2D eigenvalue weighted by Gasteiger charge is 2.30. The Labute approximate surface area is 157 Å². The average Bonchev–Trinajstić information content (AvgIpc) is 3.05. The number of carbonyl (C=O) groups is 1. The van der Waals surface area contributed by atoms with Crippen molar-refractivity contribution in [2.24, 2.45) is 0 Å². The van der Waals surface area contributed by atoms with Gasteiger partial charge in [0.2, 0.25) is 5.89 Å². The van der Waals surface area contributed by atoms with Gasteiger partial charge >= 0.3 is 6.18 Å². The Bertz CT molecular complexity index is 957. The predicted octanol–water partition coefficient (Wildman–Crippen LogP) is 4.94. The summed E-state index contributed by atoms with van der Waals surface area (Å²) in [6.45, 7) is 1.68. The summed E-state index contributed by atoms with van der Waals surface area (Å²) in [4.78, 5) is 17.3. The molecule has 0 aliphatic carbocycles. The summed E-state index contributed by atoms with van der Waals surface area (Å²) in [7, 11) is 0. The number of anilines is 1. The Kier molecular flexibility index (Phi) is 5.50. The molecule has 0 bridgehead atoms. The van der Waals surface area contributed by atoms with E-state index in [0.29, 0.717) is 27.9 Å². The number of hydrogen-bond donors (Lipinski definition) is 1. The summed E-state index contributed by atoms with van der Waals surface area (Å²) in [6, 6.07) is 11.3. The van der Waals surface area contributed by atoms with Gasteiger partial charge in [-0.25, -0.2) is 0 Å². The fourth-order valence-corrected chi connectivity index (χ4v) is 3.19. The number of thioether (sulfide) groups is 1. The molecule has 0 unspecified atom stereocenters. The number of amides is 1. The predicted molar refractivity (Wildman–Crippen MR) is 94.4 cm³/mol. The molecule has 0 spiro atoms. The van der Waals surface area contributed by atoms with E-state index in [1.165, 1.54) is 23.9 Å². The molecule has 140 valence electrons. The molecule has 0 saturated heterocycles. The van der Waals surface area contributed by atoms with Crippen molar-refractivity contribution >= 4 is 23.4 Å². The highest BCUT2D eigenvalue weighted by molar-refractivity contribution is 7.98. The van der Waals surface area contributed by atoms with Crippen LogP contribution in [-0.2, 0) is 11.9 Å². The number of alkyl halides is 3. The van der Waals surface area contributed by atoms with Crippen LogP contribution in [0.3, 0.4) is 0 Å². The van der Waals surface area contributed by atoms with Gasteiger partial charge < -0.3 is 9.84 Å². The standard InChI is InChI=1S/C18H14F3N3O2S/c1-11-22-16(24-26-11)10-27-15-8-3-2-7-14(15)17(25)23-13-6-4-5-12(9-13)18(19,20)21/h2-9H,10H2,1H3,(H,23,25). The van der Waals surface area contributed by atoms with Gasteiger partial charge in [0.15, 0.2) is 5.82 Å². The van der Waals surface area contributed by atoms with E-state index in [1.807, 2.05) is 0 Å². The van der Waals surface area contributed by atoms with Crippen LogP contribution < -0.4 is 5.32 Å². The third kappa shape index (κ3) is 4.88. The zero-order valence-corrected chi connectivity index (χ0v) is 14.9. The van der Waals surface area contributed by atoms with Gasteiger partial charge in [-0.2, -0.15) is 18.2 Å². The van der Waals surface area contributed by atoms with Crippen molar-refractivity contribution in [2.45, 2.75) is 23.7 Å². The second-order valence-corrected chi connectivity index (χ2v) is 6.56. The second-order valence-electron chi connectivity index (χ2n) is 5.55. The SMILES string of the molecule is Cc1nc(CSc2ccccc2C(=O)Nc2cccc(C(F)(F)F)c2)no1. The largest absolute Gasteiger partial charge is 0.416 e. The van der Waals surface area contributed by atoms with E-state index in [9.17, 15) is 18.0 Å². The van der Waals surface area contributed by atoms with E-state index in [1.54, 1.807) is 31.2 Å². The Morgan fingerprint density at radius 3 is 2.67 bits per heavy atom. The first-order chi connectivity index (χ1) is 12.8. The molecule has 27 heavy (non-hydrogen) atoms. The van der Waals surface area contributed by atoms with Crippen LogP contribution >= 0.6 is 11.8 Å². The minimum absolute atomic E-state index is 0.0726. The lowest BCUT2D eigenvalue weighted by atomic mass is 10.1. The first-order valence-corrected chi connectivity index (χ1v) is 8.81. The van der Waals surface area contributed by atoms with Crippen LogP contribution in [0, 0.1) is 6.92 Å². The lowest BCUT2D eigenvalue weighted by Gasteiger charge is -2.11. The van der Waals surface area contributed by atoms with Gasteiger partial charge in [-0.15, -0.1) is 11.8 Å². The third-order valence-electron chi connectivity index (χ3n) is 3.51. The van der Waals surface area contributed by atoms with Crippen molar-refractivity contribution in [1.29, 1.82) is 0 Å². The Morgan fingerprint density at radius 2 is 1.96 bits per heavy atom. The topological polar surface area (TPSA) is 68.0 Å². The monoisotopic (exact) mass is 393 g/mol. The first-order valence-electron chi connectivity index (χ1n) is 7.82. The lowest BCUT2D eigenvalue weighted by Crippen LogP contribution is -2.14. The zero-order valence-electron chi connectivity index (χ0n) is 14.1. The van der Waals surface area contributed by atoms with Gasteiger partial charge in [0, 0.05) is 17.5 Å². The first kappa shape index (κ1) is 19.0. The number of halogens is 3. The molecule has 0 saturated carbocycles. The molecule has 1 aromatic heterocycles. The van der Waals surface area contributed by atoms with Crippen molar-refractivity contribution in [2.75, 3.05) is 5.32 Å². The molecule has 5 nitrogen and oxygen atoms in total. The van der Waals surface area contributed by atoms with Gasteiger partial charge in [0.05, 0.1) is 16.9 Å². The maximum Gasteiger partial charge on any atom is 0.416 e. The van der Waals surface area contributed by atoms with Crippen LogP contribution in [0.15, 0.2) is 57.9 Å². The molecule has 0 fully saturated rings. The minimum atomic E-state index is -4.47. The summed E-state index contributed by atoms with van der Waals surface area (Å²) < 4.78 is 43.4. The molecular weight excluding hydrogens is 379 g/mol.